The van der Waals surface area contributed by atoms with E-state index in [-0.39, 0.29) is 23.3 Å². The molecule has 0 bridgehead atoms. The Morgan fingerprint density at radius 2 is 1.88 bits per heavy atom. The maximum atomic E-state index is 13.0. The second-order valence-corrected chi connectivity index (χ2v) is 10.6. The fourth-order valence-corrected chi connectivity index (χ4v) is 6.01. The van der Waals surface area contributed by atoms with Gasteiger partial charge in [0, 0.05) is 19.5 Å². The molecular weight excluding hydrogens is 440 g/mol. The Bertz CT molecular complexity index is 1110. The minimum atomic E-state index is -3.61. The number of methoxy groups -OCH3 is 1. The molecule has 0 spiro atoms. The van der Waals surface area contributed by atoms with Crippen LogP contribution in [-0.2, 0) is 38.8 Å². The zero-order chi connectivity index (χ0) is 23.4. The lowest BCUT2D eigenvalue weighted by molar-refractivity contribution is -0.121. The van der Waals surface area contributed by atoms with E-state index in [1.54, 1.807) is 25.3 Å². The van der Waals surface area contributed by atoms with Crippen molar-refractivity contribution in [2.45, 2.75) is 50.0 Å². The van der Waals surface area contributed by atoms with E-state index in [0.29, 0.717) is 44.0 Å². The molecule has 1 atom stereocenters. The molecule has 1 amide bonds. The molecule has 1 aliphatic heterocycles. The van der Waals surface area contributed by atoms with Crippen LogP contribution in [0.1, 0.15) is 48.1 Å². The molecule has 1 aliphatic carbocycles. The van der Waals surface area contributed by atoms with Crippen LogP contribution in [0.15, 0.2) is 41.3 Å². The highest BCUT2D eigenvalue weighted by atomic mass is 32.2. The van der Waals surface area contributed by atoms with Crippen LogP contribution in [0.5, 0.6) is 5.75 Å². The number of fused-ring (bicyclic) bond motifs is 1. The van der Waals surface area contributed by atoms with Gasteiger partial charge in [0.1, 0.15) is 5.75 Å². The van der Waals surface area contributed by atoms with Crippen molar-refractivity contribution in [3.63, 3.8) is 0 Å². The molecule has 178 valence electrons. The van der Waals surface area contributed by atoms with E-state index in [2.05, 4.69) is 23.5 Å². The van der Waals surface area contributed by atoms with Crippen LogP contribution >= 0.6 is 0 Å². The monoisotopic (exact) mass is 472 g/mol. The number of ether oxygens (including phenoxy) is 2. The first kappa shape index (κ1) is 23.7. The van der Waals surface area contributed by atoms with Gasteiger partial charge in [-0.05, 0) is 73.1 Å². The first-order chi connectivity index (χ1) is 15.9. The number of morpholine rings is 1. The van der Waals surface area contributed by atoms with Crippen LogP contribution in [0, 0.1) is 0 Å². The summed E-state index contributed by atoms with van der Waals surface area (Å²) >= 11 is 0. The summed E-state index contributed by atoms with van der Waals surface area (Å²) < 4.78 is 38.2. The highest BCUT2D eigenvalue weighted by molar-refractivity contribution is 7.89. The lowest BCUT2D eigenvalue weighted by Gasteiger charge is -2.26. The van der Waals surface area contributed by atoms with Crippen LogP contribution in [0.2, 0.25) is 0 Å². The van der Waals surface area contributed by atoms with Gasteiger partial charge in [0.25, 0.3) is 0 Å². The van der Waals surface area contributed by atoms with E-state index in [0.717, 1.165) is 18.4 Å². The Labute approximate surface area is 196 Å². The highest BCUT2D eigenvalue weighted by Gasteiger charge is 2.27. The molecule has 2 aromatic carbocycles. The quantitative estimate of drug-likeness (QED) is 0.638. The third-order valence-corrected chi connectivity index (χ3v) is 8.38. The fourth-order valence-electron chi connectivity index (χ4n) is 4.55. The third kappa shape index (κ3) is 5.39. The van der Waals surface area contributed by atoms with Gasteiger partial charge < -0.3 is 14.8 Å². The fraction of sp³-hybridized carbons (Fsp3) is 0.480. The molecule has 1 fully saturated rings. The Morgan fingerprint density at radius 3 is 2.64 bits per heavy atom. The van der Waals surface area contributed by atoms with Gasteiger partial charge in [-0.3, -0.25) is 4.79 Å². The zero-order valence-corrected chi connectivity index (χ0v) is 20.1. The number of hydrogen-bond donors (Lipinski definition) is 1. The number of rotatable bonds is 8. The Kier molecular flexibility index (Phi) is 7.36. The standard InChI is InChI=1S/C25H32N2O5S/c1-18(20-7-6-19-4-3-5-21(19)16-20)26-25(28)11-8-22-17-23(9-10-24(22)31-2)33(29,30)27-12-14-32-15-13-27/h6-7,9-10,16-18H,3-5,8,11-15H2,1-2H3,(H,26,28). The van der Waals surface area contributed by atoms with Crippen LogP contribution in [0.25, 0.3) is 0 Å². The first-order valence-electron chi connectivity index (χ1n) is 11.5. The second kappa shape index (κ2) is 10.2. The van der Waals surface area contributed by atoms with Gasteiger partial charge in [0.05, 0.1) is 31.3 Å². The van der Waals surface area contributed by atoms with Gasteiger partial charge in [-0.15, -0.1) is 0 Å². The number of nitrogens with zero attached hydrogens (tertiary/aromatic N) is 1. The summed E-state index contributed by atoms with van der Waals surface area (Å²) in [7, 11) is -2.06. The van der Waals surface area contributed by atoms with Crippen molar-refractivity contribution in [3.8, 4) is 5.75 Å². The Morgan fingerprint density at radius 1 is 1.12 bits per heavy atom. The lowest BCUT2D eigenvalue weighted by Crippen LogP contribution is -2.40. The topological polar surface area (TPSA) is 84.9 Å². The number of carbonyl (C=O) groups is 1. The molecule has 8 heteroatoms. The molecule has 1 unspecified atom stereocenters. The normalized spacial score (nSPS) is 17.4. The third-order valence-electron chi connectivity index (χ3n) is 6.48. The van der Waals surface area contributed by atoms with Gasteiger partial charge >= 0.3 is 0 Å². The van der Waals surface area contributed by atoms with E-state index in [4.69, 9.17) is 9.47 Å². The zero-order valence-electron chi connectivity index (χ0n) is 19.3. The second-order valence-electron chi connectivity index (χ2n) is 8.66. The van der Waals surface area contributed by atoms with Crippen molar-refractivity contribution < 1.29 is 22.7 Å². The van der Waals surface area contributed by atoms with Gasteiger partial charge in [0.2, 0.25) is 15.9 Å². The molecule has 0 saturated carbocycles. The predicted molar refractivity (Wildman–Crippen MR) is 126 cm³/mol. The Hall–Kier alpha value is -2.42. The van der Waals surface area contributed by atoms with Crippen LogP contribution in [0.3, 0.4) is 0 Å². The number of benzene rings is 2. The van der Waals surface area contributed by atoms with E-state index in [9.17, 15) is 13.2 Å². The van der Waals surface area contributed by atoms with Crippen molar-refractivity contribution >= 4 is 15.9 Å². The number of nitrogens with one attached hydrogen (secondary N) is 1. The molecule has 0 radical (unpaired) electrons. The van der Waals surface area contributed by atoms with Crippen molar-refractivity contribution in [2.75, 3.05) is 33.4 Å². The summed E-state index contributed by atoms with van der Waals surface area (Å²) in [5, 5.41) is 3.07. The van der Waals surface area contributed by atoms with E-state index >= 15 is 0 Å². The van der Waals surface area contributed by atoms with Crippen LogP contribution in [-0.4, -0.2) is 52.0 Å². The number of hydrogen-bond acceptors (Lipinski definition) is 5. The molecule has 2 aliphatic rings. The Balaban J connectivity index is 1.41. The van der Waals surface area contributed by atoms with E-state index in [1.165, 1.54) is 21.9 Å². The van der Waals surface area contributed by atoms with Gasteiger partial charge in [-0.25, -0.2) is 8.42 Å². The maximum absolute atomic E-state index is 13.0. The lowest BCUT2D eigenvalue weighted by atomic mass is 10.0. The SMILES string of the molecule is COc1ccc(S(=O)(=O)N2CCOCC2)cc1CCC(=O)NC(C)c1ccc2c(c1)CCC2. The molecular formula is C25H32N2O5S. The predicted octanol–water partition coefficient (Wildman–Crippen LogP) is 3.01. The van der Waals surface area contributed by atoms with E-state index < -0.39 is 10.0 Å². The average Bonchev–Trinajstić information content (AvgIpc) is 3.31. The number of amides is 1. The smallest absolute Gasteiger partial charge is 0.243 e. The molecule has 33 heavy (non-hydrogen) atoms. The molecule has 1 heterocycles. The molecule has 1 N–H and O–H groups in total. The summed E-state index contributed by atoms with van der Waals surface area (Å²) in [6.07, 6.45) is 4.07. The van der Waals surface area contributed by atoms with E-state index in [1.807, 2.05) is 6.92 Å². The number of sulfonamides is 1. The highest BCUT2D eigenvalue weighted by Crippen LogP contribution is 2.27. The minimum Gasteiger partial charge on any atom is -0.496 e. The number of aryl methyl sites for hydroxylation is 3. The molecule has 7 nitrogen and oxygen atoms in total. The number of carbonyl (C=O) groups excluding carboxylic acids is 1. The minimum absolute atomic E-state index is 0.0773. The summed E-state index contributed by atoms with van der Waals surface area (Å²) in [5.41, 5.74) is 4.61. The van der Waals surface area contributed by atoms with Crippen molar-refractivity contribution in [3.05, 3.63) is 58.7 Å². The molecule has 1 saturated heterocycles. The summed E-state index contributed by atoms with van der Waals surface area (Å²) in [6.45, 7) is 3.46. The van der Waals surface area contributed by atoms with Gasteiger partial charge in [0.15, 0.2) is 0 Å². The maximum Gasteiger partial charge on any atom is 0.243 e. The molecule has 4 rings (SSSR count). The summed E-state index contributed by atoms with van der Waals surface area (Å²) in [5.74, 6) is 0.502. The van der Waals surface area contributed by atoms with Crippen LogP contribution in [0.4, 0.5) is 0 Å². The van der Waals surface area contributed by atoms with Crippen LogP contribution < -0.4 is 10.1 Å². The van der Waals surface area contributed by atoms with Crippen molar-refractivity contribution in [1.82, 2.24) is 9.62 Å². The van der Waals surface area contributed by atoms with Crippen molar-refractivity contribution in [2.24, 2.45) is 0 Å². The molecule has 0 aromatic heterocycles. The molecule has 2 aromatic rings. The average molecular weight is 473 g/mol. The van der Waals surface area contributed by atoms with Crippen molar-refractivity contribution in [1.29, 1.82) is 0 Å². The van der Waals surface area contributed by atoms with Gasteiger partial charge in [-0.1, -0.05) is 18.2 Å². The summed E-state index contributed by atoms with van der Waals surface area (Å²) in [4.78, 5) is 12.9. The first-order valence-corrected chi connectivity index (χ1v) is 13.0. The largest absolute Gasteiger partial charge is 0.496 e. The van der Waals surface area contributed by atoms with Gasteiger partial charge in [-0.2, -0.15) is 4.31 Å². The summed E-state index contributed by atoms with van der Waals surface area (Å²) in [6, 6.07) is 11.2.